The monoisotopic (exact) mass is 633 g/mol. The molecule has 44 heavy (non-hydrogen) atoms. The number of carbonyl (C=O) groups is 2. The van der Waals surface area contributed by atoms with Gasteiger partial charge in [0.15, 0.2) is 0 Å². The molecule has 0 spiro atoms. The van der Waals surface area contributed by atoms with Crippen molar-refractivity contribution in [2.75, 3.05) is 25.5 Å². The minimum absolute atomic E-state index is 0.202. The minimum atomic E-state index is -4.63. The molecule has 1 heterocycles. The summed E-state index contributed by atoms with van der Waals surface area (Å²) in [6, 6.07) is 19.5. The smallest absolute Gasteiger partial charge is 0.416 e. The van der Waals surface area contributed by atoms with Crippen LogP contribution in [0, 0.1) is 11.7 Å². The summed E-state index contributed by atoms with van der Waals surface area (Å²) in [5, 5.41) is 12.8. The fourth-order valence-electron chi connectivity index (χ4n) is 5.81. The van der Waals surface area contributed by atoms with E-state index in [9.17, 15) is 22.4 Å². The SMILES string of the molecule is CNS.O=C(Nc1ccc(C(F)(F)F)cc1F)C1CCCC(c2ccc(-c3ccc(C4CCNCC4)cc3)cc2)C1.O=CO. The molecule has 3 aromatic carbocycles. The summed E-state index contributed by atoms with van der Waals surface area (Å²) in [7, 11) is 1.74. The van der Waals surface area contributed by atoms with Crippen LogP contribution in [0.15, 0.2) is 66.7 Å². The van der Waals surface area contributed by atoms with Gasteiger partial charge in [-0.3, -0.25) is 14.3 Å². The zero-order valence-electron chi connectivity index (χ0n) is 24.5. The summed E-state index contributed by atoms with van der Waals surface area (Å²) in [5.74, 6) is -0.926. The van der Waals surface area contributed by atoms with Crippen molar-refractivity contribution in [3.63, 3.8) is 0 Å². The summed E-state index contributed by atoms with van der Waals surface area (Å²) >= 11 is 3.54. The van der Waals surface area contributed by atoms with E-state index in [0.29, 0.717) is 24.8 Å². The number of hydrogen-bond acceptors (Lipinski definition) is 5. The third kappa shape index (κ3) is 10.1. The van der Waals surface area contributed by atoms with E-state index in [-0.39, 0.29) is 29.9 Å². The number of benzene rings is 3. The first kappa shape index (κ1) is 35.1. The molecule has 11 heteroatoms. The lowest BCUT2D eigenvalue weighted by Gasteiger charge is -2.29. The fourth-order valence-corrected chi connectivity index (χ4v) is 5.81. The number of carboxylic acid groups (broad SMARTS) is 1. The molecule has 1 saturated carbocycles. The first-order chi connectivity index (χ1) is 21.1. The average molecular weight is 634 g/mol. The largest absolute Gasteiger partial charge is 0.483 e. The predicted octanol–water partition coefficient (Wildman–Crippen LogP) is 7.64. The molecule has 1 aliphatic heterocycles. The summed E-state index contributed by atoms with van der Waals surface area (Å²) < 4.78 is 55.1. The molecule has 4 N–H and O–H groups in total. The van der Waals surface area contributed by atoms with E-state index in [1.54, 1.807) is 7.05 Å². The number of hydrogen-bond donors (Lipinski definition) is 5. The Kier molecular flexibility index (Phi) is 13.7. The van der Waals surface area contributed by atoms with Crippen LogP contribution in [0.4, 0.5) is 23.2 Å². The molecular weight excluding hydrogens is 594 g/mol. The van der Waals surface area contributed by atoms with Crippen molar-refractivity contribution >= 4 is 30.9 Å². The van der Waals surface area contributed by atoms with E-state index in [4.69, 9.17) is 9.90 Å². The highest BCUT2D eigenvalue weighted by Gasteiger charge is 2.32. The number of anilines is 1. The highest BCUT2D eigenvalue weighted by molar-refractivity contribution is 7.78. The van der Waals surface area contributed by atoms with E-state index in [1.165, 1.54) is 29.5 Å². The van der Waals surface area contributed by atoms with Gasteiger partial charge in [-0.15, -0.1) is 0 Å². The third-order valence-corrected chi connectivity index (χ3v) is 8.04. The average Bonchev–Trinajstić information content (AvgIpc) is 3.03. The lowest BCUT2D eigenvalue weighted by molar-refractivity contribution is -0.137. The zero-order valence-corrected chi connectivity index (χ0v) is 25.4. The highest BCUT2D eigenvalue weighted by Crippen LogP contribution is 2.38. The van der Waals surface area contributed by atoms with Crippen LogP contribution < -0.4 is 15.4 Å². The number of thiol groups is 1. The highest BCUT2D eigenvalue weighted by atomic mass is 32.1. The van der Waals surface area contributed by atoms with Crippen molar-refractivity contribution in [1.82, 2.24) is 10.0 Å². The van der Waals surface area contributed by atoms with Crippen molar-refractivity contribution in [1.29, 1.82) is 0 Å². The minimum Gasteiger partial charge on any atom is -0.483 e. The molecule has 0 aromatic heterocycles. The van der Waals surface area contributed by atoms with Crippen LogP contribution in [-0.4, -0.2) is 37.6 Å². The fraction of sp³-hybridized carbons (Fsp3) is 0.394. The Hall–Kier alpha value is -3.41. The summed E-state index contributed by atoms with van der Waals surface area (Å²) in [5.41, 5.74) is 3.59. The van der Waals surface area contributed by atoms with Crippen LogP contribution in [-0.2, 0) is 15.8 Å². The normalized spacial score (nSPS) is 18.6. The second-order valence-electron chi connectivity index (χ2n) is 10.8. The van der Waals surface area contributed by atoms with Gasteiger partial charge in [0.25, 0.3) is 6.47 Å². The second-order valence-corrected chi connectivity index (χ2v) is 11.3. The van der Waals surface area contributed by atoms with Crippen molar-refractivity contribution in [3.05, 3.63) is 89.2 Å². The molecule has 6 nitrogen and oxygen atoms in total. The lowest BCUT2D eigenvalue weighted by atomic mass is 9.77. The molecule has 2 aliphatic rings. The second kappa shape index (κ2) is 17.2. The van der Waals surface area contributed by atoms with E-state index >= 15 is 0 Å². The standard InChI is InChI=1S/C31H32F4N2O.CH5NS.CH2O2/c32-28-19-27(31(33,34)35)12-13-29(28)37-30(38)26-3-1-2-25(18-26)23-10-8-21(9-11-23)20-4-6-22(7-5-20)24-14-16-36-17-15-24;1-2-3;2-1-3/h4-13,19,24-26,36H,1-3,14-18H2,(H,37,38);2-3H,1H3;1H,(H,2,3). The number of nitrogens with one attached hydrogen (secondary N) is 3. The van der Waals surface area contributed by atoms with Gasteiger partial charge in [-0.25, -0.2) is 4.39 Å². The summed E-state index contributed by atoms with van der Waals surface area (Å²) in [6.45, 7) is 1.90. The van der Waals surface area contributed by atoms with Crippen molar-refractivity contribution < 1.29 is 32.3 Å². The van der Waals surface area contributed by atoms with Gasteiger partial charge < -0.3 is 15.7 Å². The van der Waals surface area contributed by atoms with Crippen molar-refractivity contribution in [2.24, 2.45) is 5.92 Å². The maximum Gasteiger partial charge on any atom is 0.416 e. The molecule has 1 amide bonds. The first-order valence-electron chi connectivity index (χ1n) is 14.6. The quantitative estimate of drug-likeness (QED) is 0.113. The van der Waals surface area contributed by atoms with Gasteiger partial charge in [0.1, 0.15) is 5.82 Å². The number of rotatable bonds is 5. The molecule has 3 aromatic rings. The molecule has 0 radical (unpaired) electrons. The number of alkyl halides is 3. The molecule has 2 atom stereocenters. The topological polar surface area (TPSA) is 90.5 Å². The molecule has 2 fully saturated rings. The van der Waals surface area contributed by atoms with E-state index in [1.807, 2.05) is 0 Å². The third-order valence-electron chi connectivity index (χ3n) is 8.04. The molecular formula is C33H39F4N3O3S. The van der Waals surface area contributed by atoms with Crippen LogP contribution in [0.2, 0.25) is 0 Å². The predicted molar refractivity (Wildman–Crippen MR) is 168 cm³/mol. The molecule has 5 rings (SSSR count). The van der Waals surface area contributed by atoms with E-state index < -0.39 is 17.6 Å². The van der Waals surface area contributed by atoms with Gasteiger partial charge in [0.2, 0.25) is 5.91 Å². The molecule has 0 bridgehead atoms. The van der Waals surface area contributed by atoms with Crippen LogP contribution in [0.3, 0.4) is 0 Å². The van der Waals surface area contributed by atoms with Gasteiger partial charge in [-0.05, 0) is 105 Å². The zero-order chi connectivity index (χ0) is 32.1. The molecule has 1 aliphatic carbocycles. The number of amides is 1. The summed E-state index contributed by atoms with van der Waals surface area (Å²) in [6.07, 6.45) is 0.832. The number of carbonyl (C=O) groups excluding carboxylic acids is 1. The van der Waals surface area contributed by atoms with Crippen molar-refractivity contribution in [2.45, 2.75) is 56.5 Å². The van der Waals surface area contributed by atoms with Crippen LogP contribution in [0.25, 0.3) is 11.1 Å². The van der Waals surface area contributed by atoms with Gasteiger partial charge in [0, 0.05) is 5.92 Å². The maximum atomic E-state index is 14.2. The van der Waals surface area contributed by atoms with Crippen LogP contribution in [0.5, 0.6) is 0 Å². The van der Waals surface area contributed by atoms with Gasteiger partial charge in [-0.1, -0.05) is 67.8 Å². The van der Waals surface area contributed by atoms with E-state index in [0.717, 1.165) is 43.6 Å². The lowest BCUT2D eigenvalue weighted by Crippen LogP contribution is -2.28. The Morgan fingerprint density at radius 1 is 0.909 bits per heavy atom. The van der Waals surface area contributed by atoms with Gasteiger partial charge >= 0.3 is 6.18 Å². The first-order valence-corrected chi connectivity index (χ1v) is 15.0. The Bertz CT molecular complexity index is 1330. The van der Waals surface area contributed by atoms with E-state index in [2.05, 4.69) is 76.7 Å². The molecule has 2 unspecified atom stereocenters. The summed E-state index contributed by atoms with van der Waals surface area (Å²) in [4.78, 5) is 21.2. The molecule has 238 valence electrons. The Balaban J connectivity index is 0.000000816. The Morgan fingerprint density at radius 3 is 1.93 bits per heavy atom. The number of halogens is 4. The maximum absolute atomic E-state index is 14.2. The Morgan fingerprint density at radius 2 is 1.43 bits per heavy atom. The number of piperidine rings is 1. The van der Waals surface area contributed by atoms with Crippen LogP contribution >= 0.6 is 12.8 Å². The van der Waals surface area contributed by atoms with Gasteiger partial charge in [-0.2, -0.15) is 13.2 Å². The van der Waals surface area contributed by atoms with Crippen molar-refractivity contribution in [3.8, 4) is 11.1 Å². The van der Waals surface area contributed by atoms with Crippen LogP contribution in [0.1, 0.15) is 67.1 Å². The van der Waals surface area contributed by atoms with Gasteiger partial charge in [0.05, 0.1) is 11.3 Å². The molecule has 1 saturated heterocycles. The Labute approximate surface area is 261 Å².